The molecule has 1 rings (SSSR count). The molecule has 0 heterocycles. The Balaban J connectivity index is 0. The van der Waals surface area contributed by atoms with Crippen LogP contribution in [0.2, 0.25) is 0 Å². The van der Waals surface area contributed by atoms with E-state index >= 15 is 0 Å². The maximum Gasteiger partial charge on any atom is 1.00 e. The first kappa shape index (κ1) is 14.1. The van der Waals surface area contributed by atoms with Gasteiger partial charge in [-0.05, 0) is 19.4 Å². The molecule has 0 aliphatic rings. The molecule has 0 spiro atoms. The van der Waals surface area contributed by atoms with E-state index in [1.54, 1.807) is 30.3 Å². The molecule has 1 N–H and O–H groups in total. The molecule has 0 bridgehead atoms. The summed E-state index contributed by atoms with van der Waals surface area (Å²) in [6.45, 7) is 2.94. The predicted molar refractivity (Wildman–Crippen MR) is 52.1 cm³/mol. The quantitative estimate of drug-likeness (QED) is 0.514. The predicted octanol–water partition coefficient (Wildman–Crippen LogP) is -1.07. The summed E-state index contributed by atoms with van der Waals surface area (Å²) in [5.74, 6) is 0. The molecule has 5 heteroatoms. The van der Waals surface area contributed by atoms with E-state index in [9.17, 15) is 8.42 Å². The van der Waals surface area contributed by atoms with Crippen LogP contribution in [0, 0.1) is 0 Å². The first-order chi connectivity index (χ1) is 5.86. The van der Waals surface area contributed by atoms with Gasteiger partial charge in [-0.3, -0.25) is 4.55 Å². The van der Waals surface area contributed by atoms with Gasteiger partial charge in [0, 0.05) is 0 Å². The minimum Gasteiger partial charge on any atom is -1.00 e. The number of benzene rings is 1. The molecule has 1 aromatic rings. The van der Waals surface area contributed by atoms with Crippen molar-refractivity contribution in [2.75, 3.05) is 0 Å². The van der Waals surface area contributed by atoms with Crippen LogP contribution in [0.1, 0.15) is 20.8 Å². The Kier molecular flexibility index (Phi) is 4.81. The second kappa shape index (κ2) is 4.77. The first-order valence-electron chi connectivity index (χ1n) is 3.88. The number of hydrogen-bond donors (Lipinski definition) is 1. The largest absolute Gasteiger partial charge is 1.00 e. The Hall–Kier alpha value is 0.130. The summed E-state index contributed by atoms with van der Waals surface area (Å²) < 4.78 is 29.7. The van der Waals surface area contributed by atoms with Gasteiger partial charge < -0.3 is 1.43 Å². The number of rotatable bonds is 2. The van der Waals surface area contributed by atoms with Gasteiger partial charge in [-0.25, -0.2) is 0 Å². The molecule has 0 radical (unpaired) electrons. The fourth-order valence-electron chi connectivity index (χ4n) is 0.988. The van der Waals surface area contributed by atoms with E-state index in [1.165, 1.54) is 13.8 Å². The Morgan fingerprint density at radius 2 is 1.64 bits per heavy atom. The fourth-order valence-corrected chi connectivity index (χ4v) is 1.42. The third kappa shape index (κ3) is 2.81. The second-order valence-corrected chi connectivity index (χ2v) is 5.32. The Morgan fingerprint density at radius 1 is 1.21 bits per heavy atom. The van der Waals surface area contributed by atoms with E-state index < -0.39 is 14.9 Å². The third-order valence-corrected chi connectivity index (χ3v) is 3.64. The number of hydrogen-bond acceptors (Lipinski definition) is 2. The minimum atomic E-state index is -4.06. The third-order valence-electron chi connectivity index (χ3n) is 2.11. The topological polar surface area (TPSA) is 54.4 Å². The average Bonchev–Trinajstić information content (AvgIpc) is 2.04. The normalized spacial score (nSPS) is 11.9. The van der Waals surface area contributed by atoms with Crippen molar-refractivity contribution < 1.29 is 44.0 Å². The van der Waals surface area contributed by atoms with E-state index in [2.05, 4.69) is 0 Å². The first-order valence-corrected chi connectivity index (χ1v) is 5.32. The van der Waals surface area contributed by atoms with E-state index in [4.69, 9.17) is 4.55 Å². The fraction of sp³-hybridized carbons (Fsp3) is 0.333. The van der Waals surface area contributed by atoms with Gasteiger partial charge in [0.05, 0.1) is 0 Å². The van der Waals surface area contributed by atoms with E-state index in [-0.39, 0.29) is 31.0 Å². The molecule has 0 aliphatic carbocycles. The maximum atomic E-state index is 11.0. The molecule has 1 aromatic carbocycles. The zero-order chi connectivity index (χ0) is 10.1. The molecule has 0 fully saturated rings. The zero-order valence-electron chi connectivity index (χ0n) is 9.56. The molecule has 0 aromatic heterocycles. The summed E-state index contributed by atoms with van der Waals surface area (Å²) in [7, 11) is -4.06. The SMILES string of the molecule is CC(C)(c1ccccc1)S(=O)(=O)O.[H-].[Na+]. The molecule has 74 valence electrons. The van der Waals surface area contributed by atoms with E-state index in [1.807, 2.05) is 0 Å². The van der Waals surface area contributed by atoms with Crippen LogP contribution in [-0.2, 0) is 14.9 Å². The Morgan fingerprint density at radius 3 is 2.00 bits per heavy atom. The van der Waals surface area contributed by atoms with E-state index in [0.717, 1.165) is 0 Å². The van der Waals surface area contributed by atoms with Gasteiger partial charge in [-0.15, -0.1) is 0 Å². The Labute approximate surface area is 108 Å². The van der Waals surface area contributed by atoms with Crippen molar-refractivity contribution in [2.45, 2.75) is 18.6 Å². The molecule has 0 atom stereocenters. The second-order valence-electron chi connectivity index (χ2n) is 3.35. The monoisotopic (exact) mass is 224 g/mol. The van der Waals surface area contributed by atoms with Crippen molar-refractivity contribution in [3.05, 3.63) is 35.9 Å². The van der Waals surface area contributed by atoms with Crippen LogP contribution in [0.5, 0.6) is 0 Å². The minimum absolute atomic E-state index is 0. The van der Waals surface area contributed by atoms with Crippen molar-refractivity contribution in [1.82, 2.24) is 0 Å². The van der Waals surface area contributed by atoms with Gasteiger partial charge in [0.15, 0.2) is 0 Å². The van der Waals surface area contributed by atoms with Gasteiger partial charge >= 0.3 is 29.6 Å². The van der Waals surface area contributed by atoms with Crippen LogP contribution in [0.4, 0.5) is 0 Å². The molecule has 0 saturated carbocycles. The van der Waals surface area contributed by atoms with Gasteiger partial charge in [-0.2, -0.15) is 8.42 Å². The molecule has 14 heavy (non-hydrogen) atoms. The molecular formula is C9H13NaO3S. The van der Waals surface area contributed by atoms with Crippen LogP contribution >= 0.6 is 0 Å². The molecule has 0 amide bonds. The van der Waals surface area contributed by atoms with E-state index in [0.29, 0.717) is 5.56 Å². The molecule has 3 nitrogen and oxygen atoms in total. The van der Waals surface area contributed by atoms with Crippen molar-refractivity contribution >= 4 is 10.1 Å². The summed E-state index contributed by atoms with van der Waals surface area (Å²) in [4.78, 5) is 0. The van der Waals surface area contributed by atoms with Crippen molar-refractivity contribution in [1.29, 1.82) is 0 Å². The van der Waals surface area contributed by atoms with Gasteiger partial charge in [-0.1, -0.05) is 30.3 Å². The zero-order valence-corrected chi connectivity index (χ0v) is 11.4. The van der Waals surface area contributed by atoms with Crippen LogP contribution < -0.4 is 29.6 Å². The molecule has 0 unspecified atom stereocenters. The van der Waals surface area contributed by atoms with Gasteiger partial charge in [0.2, 0.25) is 0 Å². The molecule has 0 saturated heterocycles. The Bertz CT molecular complexity index is 389. The van der Waals surface area contributed by atoms with Gasteiger partial charge in [0.25, 0.3) is 10.1 Å². The van der Waals surface area contributed by atoms with Crippen molar-refractivity contribution in [3.8, 4) is 0 Å². The van der Waals surface area contributed by atoms with Crippen molar-refractivity contribution in [2.24, 2.45) is 0 Å². The van der Waals surface area contributed by atoms with Crippen LogP contribution in [0.25, 0.3) is 0 Å². The summed E-state index contributed by atoms with van der Waals surface area (Å²) >= 11 is 0. The smallest absolute Gasteiger partial charge is 1.00 e. The van der Waals surface area contributed by atoms with Crippen LogP contribution in [0.15, 0.2) is 30.3 Å². The van der Waals surface area contributed by atoms with Crippen molar-refractivity contribution in [3.63, 3.8) is 0 Å². The maximum absolute atomic E-state index is 11.0. The van der Waals surface area contributed by atoms with Crippen LogP contribution in [-0.4, -0.2) is 13.0 Å². The standard InChI is InChI=1S/C9H12O3S.Na.H/c1-9(2,13(10,11)12)8-6-4-3-5-7-8;;/h3-7H,1-2H3,(H,10,11,12);;/q;+1;-1. The van der Waals surface area contributed by atoms with Gasteiger partial charge in [0.1, 0.15) is 4.75 Å². The van der Waals surface area contributed by atoms with Crippen LogP contribution in [0.3, 0.4) is 0 Å². The molecular weight excluding hydrogens is 211 g/mol. The average molecular weight is 224 g/mol. The summed E-state index contributed by atoms with van der Waals surface area (Å²) in [5, 5.41) is 0. The summed E-state index contributed by atoms with van der Waals surface area (Å²) in [6, 6.07) is 8.62. The molecule has 0 aliphatic heterocycles. The summed E-state index contributed by atoms with van der Waals surface area (Å²) in [5.41, 5.74) is 0.581. The summed E-state index contributed by atoms with van der Waals surface area (Å²) in [6.07, 6.45) is 0.